The summed E-state index contributed by atoms with van der Waals surface area (Å²) >= 11 is 0. The van der Waals surface area contributed by atoms with Gasteiger partial charge in [0.2, 0.25) is 0 Å². The molecule has 0 spiro atoms. The lowest BCUT2D eigenvalue weighted by molar-refractivity contribution is 0.101. The second kappa shape index (κ2) is 7.18. The van der Waals surface area contributed by atoms with Gasteiger partial charge >= 0.3 is 0 Å². The number of nitrogens with one attached hydrogen (secondary N) is 3. The van der Waals surface area contributed by atoms with Crippen molar-refractivity contribution in [2.45, 2.75) is 24.9 Å². The van der Waals surface area contributed by atoms with Gasteiger partial charge in [-0.3, -0.25) is 9.48 Å². The second-order valence-electron chi connectivity index (χ2n) is 6.75. The van der Waals surface area contributed by atoms with Crippen LogP contribution >= 0.6 is 0 Å². The minimum Gasteiger partial charge on any atom is -0.321 e. The number of anilines is 1. The van der Waals surface area contributed by atoms with E-state index in [0.717, 1.165) is 6.07 Å². The van der Waals surface area contributed by atoms with Crippen molar-refractivity contribution in [3.8, 4) is 6.07 Å². The van der Waals surface area contributed by atoms with E-state index in [1.807, 2.05) is 13.8 Å². The third-order valence-corrected chi connectivity index (χ3v) is 5.82. The lowest BCUT2D eigenvalue weighted by Crippen LogP contribution is -2.35. The van der Waals surface area contributed by atoms with Crippen molar-refractivity contribution in [2.75, 3.05) is 5.32 Å². The minimum atomic E-state index is -3.41. The van der Waals surface area contributed by atoms with E-state index < -0.39 is 21.6 Å². The van der Waals surface area contributed by atoms with Crippen LogP contribution < -0.4 is 10.0 Å². The number of carbonyl (C=O) groups excluding carboxylic acids is 1. The van der Waals surface area contributed by atoms with Crippen LogP contribution in [0.15, 0.2) is 29.3 Å². The average molecular weight is 402 g/mol. The Morgan fingerprint density at radius 3 is 2.86 bits per heavy atom. The molecular weight excluding hydrogens is 383 g/mol. The van der Waals surface area contributed by atoms with Gasteiger partial charge in [0.25, 0.3) is 5.91 Å². The maximum atomic E-state index is 13.5. The maximum Gasteiger partial charge on any atom is 0.274 e. The fourth-order valence-electron chi connectivity index (χ4n) is 2.87. The van der Waals surface area contributed by atoms with Crippen LogP contribution in [-0.4, -0.2) is 25.9 Å². The van der Waals surface area contributed by atoms with E-state index in [2.05, 4.69) is 15.1 Å². The molecule has 0 bridgehead atoms. The van der Waals surface area contributed by atoms with Gasteiger partial charge in [-0.1, -0.05) is 26.0 Å². The number of amides is 1. The summed E-state index contributed by atoms with van der Waals surface area (Å²) in [5.74, 6) is -1.17. The van der Waals surface area contributed by atoms with Crippen LogP contribution in [0.25, 0.3) is 6.08 Å². The maximum absolute atomic E-state index is 13.5. The Bertz CT molecular complexity index is 1130. The predicted molar refractivity (Wildman–Crippen MR) is 102 cm³/mol. The summed E-state index contributed by atoms with van der Waals surface area (Å²) < 4.78 is 38.6. The number of hydrogen-bond acceptors (Lipinski definition) is 5. The fourth-order valence-corrected chi connectivity index (χ4v) is 4.43. The molecule has 146 valence electrons. The molecule has 2 aromatic rings. The van der Waals surface area contributed by atoms with E-state index in [-0.39, 0.29) is 33.9 Å². The van der Waals surface area contributed by atoms with E-state index in [1.165, 1.54) is 23.9 Å². The lowest BCUT2D eigenvalue weighted by atomic mass is 10.0. The molecule has 1 aliphatic rings. The number of nitriles is 1. The first-order chi connectivity index (χ1) is 13.1. The number of fused-ring (bicyclic) bond motifs is 1. The molecule has 1 aromatic heterocycles. The summed E-state index contributed by atoms with van der Waals surface area (Å²) in [5.41, 5.74) is 0.443. The van der Waals surface area contributed by atoms with Crippen LogP contribution in [0.4, 0.5) is 10.1 Å². The molecule has 0 aliphatic carbocycles. The van der Waals surface area contributed by atoms with E-state index >= 15 is 0 Å². The molecular formula is C18H19FN6O2S. The number of benzene rings is 1. The van der Waals surface area contributed by atoms with E-state index in [1.54, 1.807) is 18.2 Å². The van der Waals surface area contributed by atoms with Crippen molar-refractivity contribution in [1.82, 2.24) is 14.5 Å². The summed E-state index contributed by atoms with van der Waals surface area (Å²) in [4.78, 5) is 12.8. The SMILES string of the molecule is CC(C)C1C=Cc2c(nn(C)c2C(=O)Nc2ccc(F)c(C#N)c2)S(=N)(=O)N1. The Labute approximate surface area is 162 Å². The van der Waals surface area contributed by atoms with Crippen molar-refractivity contribution in [1.29, 1.82) is 10.0 Å². The highest BCUT2D eigenvalue weighted by Gasteiger charge is 2.30. The number of carbonyl (C=O) groups is 1. The highest BCUT2D eigenvalue weighted by molar-refractivity contribution is 7.90. The topological polar surface area (TPSA) is 124 Å². The molecule has 0 fully saturated rings. The van der Waals surface area contributed by atoms with Crippen molar-refractivity contribution in [3.05, 3.63) is 46.9 Å². The number of aryl methyl sites for hydroxylation is 1. The monoisotopic (exact) mass is 402 g/mol. The zero-order valence-electron chi connectivity index (χ0n) is 15.5. The molecule has 10 heteroatoms. The minimum absolute atomic E-state index is 0.0172. The summed E-state index contributed by atoms with van der Waals surface area (Å²) in [6.07, 6.45) is 3.40. The van der Waals surface area contributed by atoms with Gasteiger partial charge in [0.15, 0.2) is 14.9 Å². The first-order valence-corrected chi connectivity index (χ1v) is 10.0. The summed E-state index contributed by atoms with van der Waals surface area (Å²) in [7, 11) is -1.90. The average Bonchev–Trinajstić information content (AvgIpc) is 2.90. The van der Waals surface area contributed by atoms with Crippen molar-refractivity contribution in [3.63, 3.8) is 0 Å². The molecule has 1 aromatic carbocycles. The van der Waals surface area contributed by atoms with Gasteiger partial charge in [0, 0.05) is 24.3 Å². The normalized spacial score (nSPS) is 21.1. The van der Waals surface area contributed by atoms with Crippen molar-refractivity contribution in [2.24, 2.45) is 13.0 Å². The molecule has 0 saturated heterocycles. The Kier molecular flexibility index (Phi) is 5.06. The quantitative estimate of drug-likeness (QED) is 0.730. The van der Waals surface area contributed by atoms with Gasteiger partial charge in [0.05, 0.1) is 5.56 Å². The molecule has 2 heterocycles. The number of aromatic nitrogens is 2. The molecule has 3 N–H and O–H groups in total. The number of hydrogen-bond donors (Lipinski definition) is 3. The van der Waals surface area contributed by atoms with Gasteiger partial charge in [-0.15, -0.1) is 0 Å². The van der Waals surface area contributed by atoms with E-state index in [4.69, 9.17) is 10.0 Å². The highest BCUT2D eigenvalue weighted by atomic mass is 32.2. The largest absolute Gasteiger partial charge is 0.321 e. The lowest BCUT2D eigenvalue weighted by Gasteiger charge is -2.17. The Morgan fingerprint density at radius 1 is 1.50 bits per heavy atom. The second-order valence-corrected chi connectivity index (χ2v) is 8.49. The van der Waals surface area contributed by atoms with E-state index in [0.29, 0.717) is 5.56 Å². The number of halogens is 1. The Morgan fingerprint density at radius 2 is 2.21 bits per heavy atom. The zero-order chi connectivity index (χ0) is 20.6. The van der Waals surface area contributed by atoms with Crippen LogP contribution in [0, 0.1) is 27.8 Å². The van der Waals surface area contributed by atoms with Gasteiger partial charge in [-0.05, 0) is 24.1 Å². The first kappa shape index (κ1) is 19.7. The molecule has 28 heavy (non-hydrogen) atoms. The van der Waals surface area contributed by atoms with Gasteiger partial charge in [0.1, 0.15) is 17.6 Å². The predicted octanol–water partition coefficient (Wildman–Crippen LogP) is 2.64. The third kappa shape index (κ3) is 3.54. The van der Waals surface area contributed by atoms with Gasteiger partial charge in [-0.2, -0.15) is 10.4 Å². The molecule has 2 unspecified atom stereocenters. The van der Waals surface area contributed by atoms with Crippen LogP contribution in [0.1, 0.15) is 35.5 Å². The van der Waals surface area contributed by atoms with Crippen LogP contribution in [0.2, 0.25) is 0 Å². The number of rotatable bonds is 3. The fraction of sp³-hybridized carbons (Fsp3) is 0.278. The molecule has 0 radical (unpaired) electrons. The highest BCUT2D eigenvalue weighted by Crippen LogP contribution is 2.26. The van der Waals surface area contributed by atoms with Gasteiger partial charge < -0.3 is 5.32 Å². The van der Waals surface area contributed by atoms with Crippen molar-refractivity contribution >= 4 is 27.6 Å². The Balaban J connectivity index is 2.03. The van der Waals surface area contributed by atoms with E-state index in [9.17, 15) is 13.4 Å². The smallest absolute Gasteiger partial charge is 0.274 e. The molecule has 1 amide bonds. The summed E-state index contributed by atoms with van der Waals surface area (Å²) in [6, 6.07) is 5.05. The zero-order valence-corrected chi connectivity index (χ0v) is 16.3. The molecule has 3 rings (SSSR count). The van der Waals surface area contributed by atoms with Crippen LogP contribution in [0.5, 0.6) is 0 Å². The van der Waals surface area contributed by atoms with Gasteiger partial charge in [-0.25, -0.2) is 18.1 Å². The Hall–Kier alpha value is -3.03. The summed E-state index contributed by atoms with van der Waals surface area (Å²) in [5, 5.41) is 15.6. The van der Waals surface area contributed by atoms with Crippen molar-refractivity contribution < 1.29 is 13.4 Å². The molecule has 8 nitrogen and oxygen atoms in total. The summed E-state index contributed by atoms with van der Waals surface area (Å²) in [6.45, 7) is 3.85. The molecule has 1 aliphatic heterocycles. The first-order valence-electron chi connectivity index (χ1n) is 8.46. The standard InChI is InChI=1S/C18H19FN6O2S/c1-10(2)15-7-5-13-16(25(3)23-18(13)28(21,27)24-15)17(26)22-12-4-6-14(19)11(8-12)9-20/h4-8,10,15H,1-3H3,(H,22,26)(H2,21,24,27). The number of nitrogens with zero attached hydrogens (tertiary/aromatic N) is 3. The molecule has 0 saturated carbocycles. The van der Waals surface area contributed by atoms with Crippen LogP contribution in [-0.2, 0) is 17.0 Å². The third-order valence-electron chi connectivity index (χ3n) is 4.37. The van der Waals surface area contributed by atoms with Crippen LogP contribution in [0.3, 0.4) is 0 Å². The molecule has 2 atom stereocenters.